The van der Waals surface area contributed by atoms with E-state index in [9.17, 15) is 13.2 Å². The zero-order valence-electron chi connectivity index (χ0n) is 23.4. The van der Waals surface area contributed by atoms with Crippen LogP contribution < -0.4 is 14.8 Å². The lowest BCUT2D eigenvalue weighted by molar-refractivity contribution is 0.0663. The van der Waals surface area contributed by atoms with Gasteiger partial charge in [0, 0.05) is 37.9 Å². The van der Waals surface area contributed by atoms with E-state index in [4.69, 9.17) is 9.47 Å². The van der Waals surface area contributed by atoms with Crippen LogP contribution in [0.1, 0.15) is 29.8 Å². The maximum absolute atomic E-state index is 13.4. The number of aromatic nitrogens is 3. The SMILES string of the molecule is CCOc1cc(C(=O)N2CCN(C)CC2)ccc1Nc1nc(OCC)c2ccn(S(=O)(=O)Cc3ccccc3)c2n1. The third-order valence-electron chi connectivity index (χ3n) is 6.81. The topological polar surface area (TPSA) is 119 Å². The van der Waals surface area contributed by atoms with E-state index in [1.807, 2.05) is 31.9 Å². The average molecular weight is 579 g/mol. The van der Waals surface area contributed by atoms with Gasteiger partial charge in [-0.15, -0.1) is 0 Å². The Balaban J connectivity index is 1.48. The number of hydrogen-bond acceptors (Lipinski definition) is 9. The number of anilines is 2. The van der Waals surface area contributed by atoms with E-state index in [0.29, 0.717) is 54.3 Å². The summed E-state index contributed by atoms with van der Waals surface area (Å²) in [4.78, 5) is 26.3. The molecule has 1 aliphatic rings. The van der Waals surface area contributed by atoms with Gasteiger partial charge >= 0.3 is 0 Å². The maximum Gasteiger partial charge on any atom is 0.254 e. The van der Waals surface area contributed by atoms with E-state index < -0.39 is 10.0 Å². The fraction of sp³-hybridized carbons (Fsp3) is 0.345. The Morgan fingerprint density at radius 3 is 2.39 bits per heavy atom. The van der Waals surface area contributed by atoms with Gasteiger partial charge in [-0.3, -0.25) is 4.79 Å². The zero-order chi connectivity index (χ0) is 29.0. The minimum atomic E-state index is -3.79. The fourth-order valence-electron chi connectivity index (χ4n) is 4.69. The van der Waals surface area contributed by atoms with E-state index in [2.05, 4.69) is 20.2 Å². The molecule has 5 rings (SSSR count). The number of amides is 1. The molecule has 2 aromatic carbocycles. The molecule has 1 amide bonds. The van der Waals surface area contributed by atoms with Crippen molar-refractivity contribution in [2.45, 2.75) is 19.6 Å². The normalized spacial score (nSPS) is 14.3. The first-order valence-corrected chi connectivity index (χ1v) is 15.2. The molecule has 41 heavy (non-hydrogen) atoms. The van der Waals surface area contributed by atoms with Crippen molar-refractivity contribution in [3.05, 3.63) is 71.9 Å². The van der Waals surface area contributed by atoms with Gasteiger partial charge in [0.15, 0.2) is 5.65 Å². The predicted molar refractivity (Wildman–Crippen MR) is 157 cm³/mol. The minimum Gasteiger partial charge on any atom is -0.492 e. The zero-order valence-corrected chi connectivity index (χ0v) is 24.2. The van der Waals surface area contributed by atoms with Crippen LogP contribution in [-0.2, 0) is 15.8 Å². The number of likely N-dealkylation sites (N-methyl/N-ethyl adjacent to an activating group) is 1. The second-order valence-electron chi connectivity index (χ2n) is 9.74. The maximum atomic E-state index is 13.4. The summed E-state index contributed by atoms with van der Waals surface area (Å²) in [6.07, 6.45) is 1.47. The molecule has 1 N–H and O–H groups in total. The predicted octanol–water partition coefficient (Wildman–Crippen LogP) is 3.74. The van der Waals surface area contributed by atoms with Crippen molar-refractivity contribution in [2.75, 3.05) is 51.8 Å². The highest BCUT2D eigenvalue weighted by molar-refractivity contribution is 7.89. The van der Waals surface area contributed by atoms with Crippen LogP contribution in [0.3, 0.4) is 0 Å². The molecule has 0 bridgehead atoms. The minimum absolute atomic E-state index is 0.0524. The summed E-state index contributed by atoms with van der Waals surface area (Å²) in [6.45, 7) is 7.39. The summed E-state index contributed by atoms with van der Waals surface area (Å²) in [7, 11) is -1.75. The number of nitrogens with one attached hydrogen (secondary N) is 1. The van der Waals surface area contributed by atoms with Gasteiger partial charge in [-0.05, 0) is 50.7 Å². The Morgan fingerprint density at radius 2 is 1.68 bits per heavy atom. The molecule has 0 radical (unpaired) electrons. The third kappa shape index (κ3) is 6.28. The number of fused-ring (bicyclic) bond motifs is 1. The Morgan fingerprint density at radius 1 is 0.951 bits per heavy atom. The van der Waals surface area contributed by atoms with Crippen molar-refractivity contribution < 1.29 is 22.7 Å². The van der Waals surface area contributed by atoms with E-state index in [0.717, 1.165) is 17.1 Å². The lowest BCUT2D eigenvalue weighted by Crippen LogP contribution is -2.47. The molecule has 0 unspecified atom stereocenters. The van der Waals surface area contributed by atoms with Gasteiger partial charge in [-0.25, -0.2) is 12.4 Å². The van der Waals surface area contributed by atoms with Crippen molar-refractivity contribution >= 4 is 38.6 Å². The standard InChI is InChI=1S/C29H34N6O5S/c1-4-39-25-19-22(28(36)34-17-15-33(3)16-18-34)11-12-24(25)30-29-31-26-23(27(32-29)40-5-2)13-14-35(26)41(37,38)20-21-9-7-6-8-10-21/h6-14,19H,4-5,15-18,20H2,1-3H3,(H,30,31,32). The number of benzene rings is 2. The number of carbonyl (C=O) groups is 1. The summed E-state index contributed by atoms with van der Waals surface area (Å²) in [5.41, 5.74) is 1.92. The molecule has 1 fully saturated rings. The largest absolute Gasteiger partial charge is 0.492 e. The van der Waals surface area contributed by atoms with Gasteiger partial charge < -0.3 is 24.6 Å². The highest BCUT2D eigenvalue weighted by atomic mass is 32.2. The molecular weight excluding hydrogens is 544 g/mol. The van der Waals surface area contributed by atoms with Crippen LogP contribution in [0, 0.1) is 0 Å². The summed E-state index contributed by atoms with van der Waals surface area (Å²) < 4.78 is 39.6. The number of ether oxygens (including phenoxy) is 2. The summed E-state index contributed by atoms with van der Waals surface area (Å²) in [5.74, 6) is 0.610. The molecule has 12 heteroatoms. The molecule has 216 valence electrons. The summed E-state index contributed by atoms with van der Waals surface area (Å²) >= 11 is 0. The summed E-state index contributed by atoms with van der Waals surface area (Å²) in [5, 5.41) is 3.63. The van der Waals surface area contributed by atoms with Gasteiger partial charge in [0.25, 0.3) is 5.91 Å². The highest BCUT2D eigenvalue weighted by Crippen LogP contribution is 2.32. The molecule has 1 aliphatic heterocycles. The van der Waals surface area contributed by atoms with E-state index in [1.165, 1.54) is 6.20 Å². The number of carbonyl (C=O) groups excluding carboxylic acids is 1. The molecular formula is C29H34N6O5S. The number of hydrogen-bond donors (Lipinski definition) is 1. The van der Waals surface area contributed by atoms with Crippen molar-refractivity contribution in [1.29, 1.82) is 0 Å². The van der Waals surface area contributed by atoms with E-state index >= 15 is 0 Å². The smallest absolute Gasteiger partial charge is 0.254 e. The van der Waals surface area contributed by atoms with Gasteiger partial charge in [-0.1, -0.05) is 30.3 Å². The molecule has 0 saturated carbocycles. The van der Waals surface area contributed by atoms with Gasteiger partial charge in [0.2, 0.25) is 21.9 Å². The number of rotatable bonds is 10. The Bertz CT molecular complexity index is 1630. The third-order valence-corrected chi connectivity index (χ3v) is 8.41. The molecule has 0 spiro atoms. The van der Waals surface area contributed by atoms with Crippen LogP contribution in [0.2, 0.25) is 0 Å². The second kappa shape index (κ2) is 12.1. The van der Waals surface area contributed by atoms with Crippen LogP contribution in [0.4, 0.5) is 11.6 Å². The quantitative estimate of drug-likeness (QED) is 0.300. The Hall–Kier alpha value is -4.16. The number of piperazine rings is 1. The van der Waals surface area contributed by atoms with Crippen molar-refractivity contribution in [3.63, 3.8) is 0 Å². The lowest BCUT2D eigenvalue weighted by atomic mass is 10.1. The number of nitrogens with zero attached hydrogens (tertiary/aromatic N) is 5. The first-order valence-electron chi connectivity index (χ1n) is 13.6. The van der Waals surface area contributed by atoms with E-state index in [1.54, 1.807) is 48.5 Å². The monoisotopic (exact) mass is 578 g/mol. The average Bonchev–Trinajstić information content (AvgIpc) is 3.40. The molecule has 11 nitrogen and oxygen atoms in total. The van der Waals surface area contributed by atoms with Crippen molar-refractivity contribution in [3.8, 4) is 11.6 Å². The highest BCUT2D eigenvalue weighted by Gasteiger charge is 2.23. The summed E-state index contributed by atoms with van der Waals surface area (Å²) in [6, 6.07) is 15.8. The molecule has 2 aromatic heterocycles. The van der Waals surface area contributed by atoms with Gasteiger partial charge in [-0.2, -0.15) is 9.97 Å². The molecule has 0 aliphatic carbocycles. The van der Waals surface area contributed by atoms with Crippen molar-refractivity contribution in [2.24, 2.45) is 0 Å². The van der Waals surface area contributed by atoms with Crippen LogP contribution in [0.25, 0.3) is 11.0 Å². The second-order valence-corrected chi connectivity index (χ2v) is 11.6. The first-order chi connectivity index (χ1) is 19.8. The first kappa shape index (κ1) is 28.4. The van der Waals surface area contributed by atoms with Crippen LogP contribution in [-0.4, -0.2) is 84.5 Å². The van der Waals surface area contributed by atoms with Crippen LogP contribution in [0.5, 0.6) is 11.6 Å². The van der Waals surface area contributed by atoms with Crippen LogP contribution >= 0.6 is 0 Å². The van der Waals surface area contributed by atoms with Gasteiger partial charge in [0.1, 0.15) is 5.75 Å². The lowest BCUT2D eigenvalue weighted by Gasteiger charge is -2.32. The van der Waals surface area contributed by atoms with Crippen LogP contribution in [0.15, 0.2) is 60.8 Å². The molecule has 4 aromatic rings. The Kier molecular flexibility index (Phi) is 8.41. The fourth-order valence-corrected chi connectivity index (χ4v) is 6.09. The van der Waals surface area contributed by atoms with Crippen molar-refractivity contribution in [1.82, 2.24) is 23.7 Å². The Labute approximate surface area is 239 Å². The molecule has 0 atom stereocenters. The van der Waals surface area contributed by atoms with E-state index in [-0.39, 0.29) is 29.1 Å². The van der Waals surface area contributed by atoms with Gasteiger partial charge in [0.05, 0.1) is 30.0 Å². The molecule has 3 heterocycles. The molecule has 1 saturated heterocycles.